The van der Waals surface area contributed by atoms with Gasteiger partial charge in [0.05, 0.1) is 6.04 Å². The van der Waals surface area contributed by atoms with Crippen LogP contribution in [-0.4, -0.2) is 30.5 Å². The molecule has 0 aromatic carbocycles. The van der Waals surface area contributed by atoms with Gasteiger partial charge in [-0.15, -0.1) is 0 Å². The van der Waals surface area contributed by atoms with Crippen molar-refractivity contribution in [2.24, 2.45) is 11.7 Å². The number of carbonyl (C=O) groups excluding carboxylic acids is 1. The monoisotopic (exact) mass is 190 g/mol. The standard InChI is InChI=1S/C8H18N2OS/c1-6(2)4-12-5-7(10-3)8(9)11/h6-7,10H,4-5H2,1-3H3,(H2,9,11). The van der Waals surface area contributed by atoms with Crippen LogP contribution in [0.1, 0.15) is 13.8 Å². The van der Waals surface area contributed by atoms with Crippen molar-refractivity contribution in [3.05, 3.63) is 0 Å². The van der Waals surface area contributed by atoms with Crippen LogP contribution in [0.25, 0.3) is 0 Å². The van der Waals surface area contributed by atoms with Gasteiger partial charge in [0, 0.05) is 5.75 Å². The van der Waals surface area contributed by atoms with Crippen LogP contribution >= 0.6 is 11.8 Å². The summed E-state index contributed by atoms with van der Waals surface area (Å²) in [5.74, 6) is 2.24. The number of nitrogens with two attached hydrogens (primary N) is 1. The van der Waals surface area contributed by atoms with Gasteiger partial charge in [0.1, 0.15) is 0 Å². The van der Waals surface area contributed by atoms with Gasteiger partial charge in [-0.25, -0.2) is 0 Å². The fraction of sp³-hybridized carbons (Fsp3) is 0.875. The predicted octanol–water partition coefficient (Wildman–Crippen LogP) is 0.449. The van der Waals surface area contributed by atoms with Gasteiger partial charge in [-0.3, -0.25) is 4.79 Å². The van der Waals surface area contributed by atoms with Gasteiger partial charge in [-0.05, 0) is 18.7 Å². The molecule has 0 saturated carbocycles. The van der Waals surface area contributed by atoms with Crippen LogP contribution in [0.15, 0.2) is 0 Å². The highest BCUT2D eigenvalue weighted by molar-refractivity contribution is 7.99. The Balaban J connectivity index is 3.52. The summed E-state index contributed by atoms with van der Waals surface area (Å²) >= 11 is 1.76. The van der Waals surface area contributed by atoms with Gasteiger partial charge in [0.25, 0.3) is 0 Å². The highest BCUT2D eigenvalue weighted by Crippen LogP contribution is 2.08. The lowest BCUT2D eigenvalue weighted by Gasteiger charge is -2.12. The molecule has 1 atom stereocenters. The minimum Gasteiger partial charge on any atom is -0.368 e. The number of hydrogen-bond donors (Lipinski definition) is 2. The average molecular weight is 190 g/mol. The second-order valence-electron chi connectivity index (χ2n) is 3.17. The van der Waals surface area contributed by atoms with Crippen LogP contribution in [0.2, 0.25) is 0 Å². The minimum atomic E-state index is -0.270. The number of primary amides is 1. The maximum absolute atomic E-state index is 10.8. The lowest BCUT2D eigenvalue weighted by Crippen LogP contribution is -2.41. The molecule has 0 fully saturated rings. The summed E-state index contributed by atoms with van der Waals surface area (Å²) in [6, 6.07) is -0.186. The summed E-state index contributed by atoms with van der Waals surface area (Å²) in [5, 5.41) is 2.88. The Kier molecular flexibility index (Phi) is 6.20. The number of hydrogen-bond acceptors (Lipinski definition) is 3. The van der Waals surface area contributed by atoms with Crippen molar-refractivity contribution >= 4 is 17.7 Å². The van der Waals surface area contributed by atoms with E-state index in [0.29, 0.717) is 5.92 Å². The molecule has 0 saturated heterocycles. The van der Waals surface area contributed by atoms with Gasteiger partial charge >= 0.3 is 0 Å². The van der Waals surface area contributed by atoms with E-state index in [2.05, 4.69) is 19.2 Å². The Morgan fingerprint density at radius 3 is 2.42 bits per heavy atom. The zero-order valence-corrected chi connectivity index (χ0v) is 8.78. The van der Waals surface area contributed by atoms with Gasteiger partial charge in [-0.2, -0.15) is 11.8 Å². The summed E-state index contributed by atoms with van der Waals surface area (Å²) in [6.45, 7) is 4.32. The average Bonchev–Trinajstić information content (AvgIpc) is 1.96. The van der Waals surface area contributed by atoms with Gasteiger partial charge in [-0.1, -0.05) is 13.8 Å². The second-order valence-corrected chi connectivity index (χ2v) is 4.25. The Morgan fingerprint density at radius 2 is 2.08 bits per heavy atom. The Bertz CT molecular complexity index is 139. The van der Waals surface area contributed by atoms with E-state index in [0.717, 1.165) is 11.5 Å². The molecule has 0 aliphatic carbocycles. The van der Waals surface area contributed by atoms with E-state index in [1.54, 1.807) is 18.8 Å². The molecule has 0 aromatic heterocycles. The highest BCUT2D eigenvalue weighted by Gasteiger charge is 2.11. The van der Waals surface area contributed by atoms with Gasteiger partial charge < -0.3 is 11.1 Å². The molecule has 0 heterocycles. The van der Waals surface area contributed by atoms with Crippen LogP contribution in [0.5, 0.6) is 0 Å². The maximum atomic E-state index is 10.8. The third-order valence-corrected chi connectivity index (χ3v) is 2.90. The molecule has 0 aromatic rings. The molecule has 0 aliphatic heterocycles. The molecule has 72 valence electrons. The van der Waals surface area contributed by atoms with Crippen LogP contribution in [0.4, 0.5) is 0 Å². The molecule has 12 heavy (non-hydrogen) atoms. The predicted molar refractivity (Wildman–Crippen MR) is 54.2 cm³/mol. The first kappa shape index (κ1) is 11.8. The smallest absolute Gasteiger partial charge is 0.235 e. The van der Waals surface area contributed by atoms with E-state index in [4.69, 9.17) is 5.73 Å². The number of carbonyl (C=O) groups is 1. The SMILES string of the molecule is CNC(CSCC(C)C)C(N)=O. The Hall–Kier alpha value is -0.220. The molecule has 3 N–H and O–H groups in total. The molecule has 4 heteroatoms. The summed E-state index contributed by atoms with van der Waals surface area (Å²) < 4.78 is 0. The summed E-state index contributed by atoms with van der Waals surface area (Å²) in [7, 11) is 1.76. The number of amides is 1. The van der Waals surface area contributed by atoms with Gasteiger partial charge in [0.2, 0.25) is 5.91 Å². The summed E-state index contributed by atoms with van der Waals surface area (Å²) in [4.78, 5) is 10.8. The topological polar surface area (TPSA) is 55.1 Å². The molecular weight excluding hydrogens is 172 g/mol. The van der Waals surface area contributed by atoms with Crippen molar-refractivity contribution in [2.75, 3.05) is 18.6 Å². The Labute approximate surface area is 78.5 Å². The number of thioether (sulfide) groups is 1. The molecule has 0 aliphatic rings. The molecule has 0 bridgehead atoms. The van der Waals surface area contributed by atoms with E-state index < -0.39 is 0 Å². The molecule has 0 spiro atoms. The summed E-state index contributed by atoms with van der Waals surface area (Å²) in [5.41, 5.74) is 5.15. The van der Waals surface area contributed by atoms with Crippen LogP contribution in [-0.2, 0) is 4.79 Å². The van der Waals surface area contributed by atoms with Gasteiger partial charge in [0.15, 0.2) is 0 Å². The van der Waals surface area contributed by atoms with Crippen molar-refractivity contribution in [3.63, 3.8) is 0 Å². The first-order valence-electron chi connectivity index (χ1n) is 4.12. The third kappa shape index (κ3) is 5.43. The van der Waals surface area contributed by atoms with Crippen LogP contribution in [0.3, 0.4) is 0 Å². The maximum Gasteiger partial charge on any atom is 0.235 e. The van der Waals surface area contributed by atoms with E-state index in [9.17, 15) is 4.79 Å². The zero-order chi connectivity index (χ0) is 9.56. The van der Waals surface area contributed by atoms with Crippen molar-refractivity contribution in [3.8, 4) is 0 Å². The fourth-order valence-corrected chi connectivity index (χ4v) is 1.90. The van der Waals surface area contributed by atoms with E-state index >= 15 is 0 Å². The first-order valence-corrected chi connectivity index (χ1v) is 5.27. The largest absolute Gasteiger partial charge is 0.368 e. The lowest BCUT2D eigenvalue weighted by atomic mass is 10.3. The van der Waals surface area contributed by atoms with Crippen molar-refractivity contribution in [2.45, 2.75) is 19.9 Å². The third-order valence-electron chi connectivity index (χ3n) is 1.43. The molecular formula is C8H18N2OS. The molecule has 0 rings (SSSR count). The van der Waals surface area contributed by atoms with E-state index in [1.807, 2.05) is 0 Å². The van der Waals surface area contributed by atoms with Crippen LogP contribution < -0.4 is 11.1 Å². The van der Waals surface area contributed by atoms with Crippen LogP contribution in [0, 0.1) is 5.92 Å². The molecule has 0 radical (unpaired) electrons. The Morgan fingerprint density at radius 1 is 1.50 bits per heavy atom. The zero-order valence-electron chi connectivity index (χ0n) is 7.96. The van der Waals surface area contributed by atoms with Crippen molar-refractivity contribution in [1.29, 1.82) is 0 Å². The lowest BCUT2D eigenvalue weighted by molar-refractivity contribution is -0.119. The van der Waals surface area contributed by atoms with E-state index in [1.165, 1.54) is 0 Å². The molecule has 1 amide bonds. The summed E-state index contributed by atoms with van der Waals surface area (Å²) in [6.07, 6.45) is 0. The van der Waals surface area contributed by atoms with Crippen molar-refractivity contribution < 1.29 is 4.79 Å². The number of likely N-dealkylation sites (N-methyl/N-ethyl adjacent to an activating group) is 1. The highest BCUT2D eigenvalue weighted by atomic mass is 32.2. The number of nitrogens with one attached hydrogen (secondary N) is 1. The van der Waals surface area contributed by atoms with Crippen molar-refractivity contribution in [1.82, 2.24) is 5.32 Å². The fourth-order valence-electron chi connectivity index (χ4n) is 0.729. The minimum absolute atomic E-state index is 0.186. The molecule has 1 unspecified atom stereocenters. The molecule has 3 nitrogen and oxygen atoms in total. The quantitative estimate of drug-likeness (QED) is 0.639. The van der Waals surface area contributed by atoms with E-state index in [-0.39, 0.29) is 11.9 Å². The normalized spacial score (nSPS) is 13.3. The first-order chi connectivity index (χ1) is 5.57. The second kappa shape index (κ2) is 6.31. The number of rotatable bonds is 6.